The number of rotatable bonds is 7. The van der Waals surface area contributed by atoms with Crippen LogP contribution in [-0.2, 0) is 11.3 Å². The average Bonchev–Trinajstić information content (AvgIpc) is 2.73. The van der Waals surface area contributed by atoms with Gasteiger partial charge in [0.2, 0.25) is 5.91 Å². The normalized spacial score (nSPS) is 17.3. The summed E-state index contributed by atoms with van der Waals surface area (Å²) in [6.45, 7) is 5.63. The predicted molar refractivity (Wildman–Crippen MR) is 117 cm³/mol. The van der Waals surface area contributed by atoms with Gasteiger partial charge in [0, 0.05) is 24.9 Å². The molecule has 1 aliphatic rings. The molecule has 0 radical (unpaired) electrons. The third-order valence-corrected chi connectivity index (χ3v) is 5.20. The number of amides is 1. The number of likely N-dealkylation sites (tertiary alicyclic amines) is 1. The second-order valence-electron chi connectivity index (χ2n) is 7.62. The fraction of sp³-hybridized carbons (Fsp3) is 0.375. The highest BCUT2D eigenvalue weighted by molar-refractivity contribution is 6.01. The van der Waals surface area contributed by atoms with E-state index in [0.29, 0.717) is 11.5 Å². The van der Waals surface area contributed by atoms with Crippen molar-refractivity contribution in [2.45, 2.75) is 26.3 Å². The number of nitrogens with zero attached hydrogens (tertiary/aromatic N) is 1. The van der Waals surface area contributed by atoms with Gasteiger partial charge in [0.1, 0.15) is 0 Å². The molecule has 2 aromatic rings. The lowest BCUT2D eigenvalue weighted by Gasteiger charge is -2.30. The van der Waals surface area contributed by atoms with Crippen LogP contribution in [0.25, 0.3) is 6.08 Å². The van der Waals surface area contributed by atoms with Crippen LogP contribution >= 0.6 is 0 Å². The summed E-state index contributed by atoms with van der Waals surface area (Å²) in [5.41, 5.74) is 2.93. The van der Waals surface area contributed by atoms with E-state index >= 15 is 0 Å². The molecule has 0 saturated carbocycles. The molecule has 1 aliphatic heterocycles. The summed E-state index contributed by atoms with van der Waals surface area (Å²) >= 11 is 0. The van der Waals surface area contributed by atoms with E-state index in [1.165, 1.54) is 37.6 Å². The Kier molecular flexibility index (Phi) is 7.30. The number of methoxy groups -OCH3 is 2. The van der Waals surface area contributed by atoms with Gasteiger partial charge in [-0.05, 0) is 66.8 Å². The number of piperidine rings is 1. The minimum atomic E-state index is -0.169. The summed E-state index contributed by atoms with van der Waals surface area (Å²) in [6.07, 6.45) is 5.88. The largest absolute Gasteiger partial charge is 0.493 e. The van der Waals surface area contributed by atoms with Crippen molar-refractivity contribution in [2.24, 2.45) is 5.92 Å². The van der Waals surface area contributed by atoms with E-state index in [-0.39, 0.29) is 5.91 Å². The van der Waals surface area contributed by atoms with Crippen molar-refractivity contribution in [3.63, 3.8) is 0 Å². The minimum Gasteiger partial charge on any atom is -0.493 e. The summed E-state index contributed by atoms with van der Waals surface area (Å²) < 4.78 is 10.5. The number of anilines is 1. The van der Waals surface area contributed by atoms with Crippen molar-refractivity contribution in [1.82, 2.24) is 4.90 Å². The molecule has 0 aromatic heterocycles. The van der Waals surface area contributed by atoms with Crippen molar-refractivity contribution in [3.8, 4) is 11.5 Å². The van der Waals surface area contributed by atoms with Crippen LogP contribution in [-0.4, -0.2) is 38.1 Å². The van der Waals surface area contributed by atoms with Crippen molar-refractivity contribution in [1.29, 1.82) is 0 Å². The number of nitrogens with one attached hydrogen (secondary N) is 1. The zero-order chi connectivity index (χ0) is 20.6. The van der Waals surface area contributed by atoms with Gasteiger partial charge in [0.25, 0.3) is 0 Å². The maximum absolute atomic E-state index is 12.2. The minimum absolute atomic E-state index is 0.169. The third kappa shape index (κ3) is 6.09. The molecule has 29 heavy (non-hydrogen) atoms. The standard InChI is InChI=1S/C24H30N2O3/c1-18-5-4-14-26(16-18)17-20-6-10-21(11-7-20)25-24(27)13-9-19-8-12-22(28-2)23(15-19)29-3/h6-13,15,18H,4-5,14,16-17H2,1-3H3,(H,25,27). The van der Waals surface area contributed by atoms with Gasteiger partial charge in [-0.25, -0.2) is 0 Å². The van der Waals surface area contributed by atoms with Gasteiger partial charge in [0.05, 0.1) is 14.2 Å². The van der Waals surface area contributed by atoms with Crippen LogP contribution < -0.4 is 14.8 Å². The third-order valence-electron chi connectivity index (χ3n) is 5.20. The summed E-state index contributed by atoms with van der Waals surface area (Å²) in [5.74, 6) is 1.90. The number of carbonyl (C=O) groups is 1. The van der Waals surface area contributed by atoms with E-state index in [2.05, 4.69) is 29.3 Å². The molecule has 1 amide bonds. The van der Waals surface area contributed by atoms with Gasteiger partial charge in [-0.3, -0.25) is 9.69 Å². The van der Waals surface area contributed by atoms with Crippen molar-refractivity contribution < 1.29 is 14.3 Å². The molecule has 2 aromatic carbocycles. The van der Waals surface area contributed by atoms with Crippen LogP contribution in [0, 0.1) is 5.92 Å². The Labute approximate surface area is 173 Å². The van der Waals surface area contributed by atoms with Crippen LogP contribution in [0.3, 0.4) is 0 Å². The van der Waals surface area contributed by atoms with E-state index in [1.54, 1.807) is 20.3 Å². The Bertz CT molecular complexity index is 846. The molecule has 0 bridgehead atoms. The second kappa shape index (κ2) is 10.1. The molecule has 1 fully saturated rings. The van der Waals surface area contributed by atoms with Gasteiger partial charge in [0.15, 0.2) is 11.5 Å². The maximum Gasteiger partial charge on any atom is 0.248 e. The molecule has 1 saturated heterocycles. The van der Waals surface area contributed by atoms with Crippen molar-refractivity contribution in [2.75, 3.05) is 32.6 Å². The molecular formula is C24H30N2O3. The first-order chi connectivity index (χ1) is 14.1. The molecule has 154 valence electrons. The molecular weight excluding hydrogens is 364 g/mol. The molecule has 5 heteroatoms. The molecule has 1 unspecified atom stereocenters. The number of carbonyl (C=O) groups excluding carboxylic acids is 1. The smallest absolute Gasteiger partial charge is 0.248 e. The SMILES string of the molecule is COc1ccc(C=CC(=O)Nc2ccc(CN3CCCC(C)C3)cc2)cc1OC. The summed E-state index contributed by atoms with van der Waals surface area (Å²) in [6, 6.07) is 13.6. The van der Waals surface area contributed by atoms with Crippen LogP contribution in [0.4, 0.5) is 5.69 Å². The average molecular weight is 395 g/mol. The highest BCUT2D eigenvalue weighted by Gasteiger charge is 2.16. The van der Waals surface area contributed by atoms with E-state index in [4.69, 9.17) is 9.47 Å². The molecule has 3 rings (SSSR count). The fourth-order valence-corrected chi connectivity index (χ4v) is 3.69. The number of hydrogen-bond acceptors (Lipinski definition) is 4. The van der Waals surface area contributed by atoms with Crippen LogP contribution in [0.2, 0.25) is 0 Å². The first-order valence-corrected chi connectivity index (χ1v) is 10.1. The van der Waals surface area contributed by atoms with Gasteiger partial charge in [-0.15, -0.1) is 0 Å². The number of ether oxygens (including phenoxy) is 2. The van der Waals surface area contributed by atoms with Crippen molar-refractivity contribution >= 4 is 17.7 Å². The Balaban J connectivity index is 1.54. The Morgan fingerprint density at radius 1 is 1.14 bits per heavy atom. The molecule has 1 N–H and O–H groups in total. The highest BCUT2D eigenvalue weighted by Crippen LogP contribution is 2.28. The Hall–Kier alpha value is -2.79. The lowest BCUT2D eigenvalue weighted by Crippen LogP contribution is -2.33. The zero-order valence-corrected chi connectivity index (χ0v) is 17.5. The molecule has 5 nitrogen and oxygen atoms in total. The zero-order valence-electron chi connectivity index (χ0n) is 17.5. The van der Waals surface area contributed by atoms with E-state index < -0.39 is 0 Å². The second-order valence-corrected chi connectivity index (χ2v) is 7.62. The van der Waals surface area contributed by atoms with Gasteiger partial charge >= 0.3 is 0 Å². The van der Waals surface area contributed by atoms with Gasteiger partial charge in [-0.1, -0.05) is 25.1 Å². The summed E-state index contributed by atoms with van der Waals surface area (Å²) in [4.78, 5) is 14.7. The summed E-state index contributed by atoms with van der Waals surface area (Å²) in [5, 5.41) is 2.91. The van der Waals surface area contributed by atoms with Crippen LogP contribution in [0.5, 0.6) is 11.5 Å². The number of hydrogen-bond donors (Lipinski definition) is 1. The Morgan fingerprint density at radius 2 is 1.90 bits per heavy atom. The maximum atomic E-state index is 12.2. The Morgan fingerprint density at radius 3 is 2.59 bits per heavy atom. The number of benzene rings is 2. The summed E-state index contributed by atoms with van der Waals surface area (Å²) in [7, 11) is 3.19. The lowest BCUT2D eigenvalue weighted by atomic mass is 10.00. The predicted octanol–water partition coefficient (Wildman–Crippen LogP) is 4.59. The lowest BCUT2D eigenvalue weighted by molar-refractivity contribution is -0.111. The molecule has 1 heterocycles. The van der Waals surface area contributed by atoms with Gasteiger partial charge < -0.3 is 14.8 Å². The van der Waals surface area contributed by atoms with Crippen LogP contribution in [0.15, 0.2) is 48.5 Å². The first-order valence-electron chi connectivity index (χ1n) is 10.1. The molecule has 0 spiro atoms. The fourth-order valence-electron chi connectivity index (χ4n) is 3.69. The molecule has 1 atom stereocenters. The van der Waals surface area contributed by atoms with E-state index in [1.807, 2.05) is 30.3 Å². The van der Waals surface area contributed by atoms with Crippen molar-refractivity contribution in [3.05, 3.63) is 59.7 Å². The van der Waals surface area contributed by atoms with Gasteiger partial charge in [-0.2, -0.15) is 0 Å². The monoisotopic (exact) mass is 394 g/mol. The van der Waals surface area contributed by atoms with E-state index in [9.17, 15) is 4.79 Å². The highest BCUT2D eigenvalue weighted by atomic mass is 16.5. The molecule has 0 aliphatic carbocycles. The van der Waals surface area contributed by atoms with Crippen LogP contribution in [0.1, 0.15) is 30.9 Å². The topological polar surface area (TPSA) is 50.8 Å². The van der Waals surface area contributed by atoms with E-state index in [0.717, 1.165) is 23.7 Å². The first kappa shape index (κ1) is 20.9. The quantitative estimate of drug-likeness (QED) is 0.698.